The van der Waals surface area contributed by atoms with Crippen LogP contribution in [0.15, 0.2) is 53.1 Å². The Morgan fingerprint density at radius 3 is 2.57 bits per heavy atom. The molecule has 0 radical (unpaired) electrons. The molecule has 0 bridgehead atoms. The standard InChI is InChI=1S/C23H20N2O5/c1-4-12-30-20-11-6-16(14-21(20)29-5-2)13-19-15(3)24-25(22(19)26)18-9-7-17(8-10-18)23(27)28/h1,6-11,13-14H,5,12H2,2-3H3,(H,27,28). The minimum Gasteiger partial charge on any atom is -0.490 e. The molecule has 7 heteroatoms. The molecule has 2 aromatic carbocycles. The molecule has 0 unspecified atom stereocenters. The second-order valence-corrected chi connectivity index (χ2v) is 6.34. The van der Waals surface area contributed by atoms with Gasteiger partial charge in [0.1, 0.15) is 6.61 Å². The van der Waals surface area contributed by atoms with Crippen molar-refractivity contribution in [2.45, 2.75) is 13.8 Å². The minimum absolute atomic E-state index is 0.125. The summed E-state index contributed by atoms with van der Waals surface area (Å²) in [6.45, 7) is 4.18. The van der Waals surface area contributed by atoms with Gasteiger partial charge in [0.05, 0.1) is 29.1 Å². The van der Waals surface area contributed by atoms with Gasteiger partial charge < -0.3 is 14.6 Å². The van der Waals surface area contributed by atoms with Crippen LogP contribution in [-0.4, -0.2) is 35.9 Å². The maximum Gasteiger partial charge on any atom is 0.335 e. The summed E-state index contributed by atoms with van der Waals surface area (Å²) < 4.78 is 11.1. The van der Waals surface area contributed by atoms with Gasteiger partial charge in [-0.15, -0.1) is 6.42 Å². The highest BCUT2D eigenvalue weighted by molar-refractivity contribution is 6.32. The number of anilines is 1. The molecule has 0 aliphatic carbocycles. The summed E-state index contributed by atoms with van der Waals surface area (Å²) >= 11 is 0. The lowest BCUT2D eigenvalue weighted by Gasteiger charge is -2.12. The topological polar surface area (TPSA) is 88.4 Å². The summed E-state index contributed by atoms with van der Waals surface area (Å²) in [5.41, 5.74) is 2.34. The molecule has 0 saturated heterocycles. The summed E-state index contributed by atoms with van der Waals surface area (Å²) in [6, 6.07) is 11.3. The average Bonchev–Trinajstić information content (AvgIpc) is 3.02. The van der Waals surface area contributed by atoms with Gasteiger partial charge in [-0.25, -0.2) is 4.79 Å². The Balaban J connectivity index is 1.88. The van der Waals surface area contributed by atoms with Crippen LogP contribution in [0.2, 0.25) is 0 Å². The summed E-state index contributed by atoms with van der Waals surface area (Å²) in [6.07, 6.45) is 6.97. The van der Waals surface area contributed by atoms with E-state index in [1.54, 1.807) is 43.3 Å². The van der Waals surface area contributed by atoms with Crippen molar-refractivity contribution in [2.24, 2.45) is 5.10 Å². The Hall–Kier alpha value is -4.05. The van der Waals surface area contributed by atoms with E-state index >= 15 is 0 Å². The first kappa shape index (κ1) is 20.7. The molecule has 0 saturated carbocycles. The third kappa shape index (κ3) is 4.33. The number of carbonyl (C=O) groups excluding carboxylic acids is 1. The van der Waals surface area contributed by atoms with E-state index in [0.717, 1.165) is 5.56 Å². The fraction of sp³-hybridized carbons (Fsp3) is 0.174. The van der Waals surface area contributed by atoms with Crippen LogP contribution in [-0.2, 0) is 4.79 Å². The van der Waals surface area contributed by atoms with Crippen LogP contribution in [0.1, 0.15) is 29.8 Å². The predicted molar refractivity (Wildman–Crippen MR) is 114 cm³/mol. The first-order valence-electron chi connectivity index (χ1n) is 9.22. The van der Waals surface area contributed by atoms with Crippen LogP contribution in [0.3, 0.4) is 0 Å². The molecule has 1 N–H and O–H groups in total. The first-order chi connectivity index (χ1) is 14.4. The molecule has 152 valence electrons. The van der Waals surface area contributed by atoms with Gasteiger partial charge in [-0.1, -0.05) is 12.0 Å². The average molecular weight is 404 g/mol. The summed E-state index contributed by atoms with van der Waals surface area (Å²) in [5, 5.41) is 14.6. The lowest BCUT2D eigenvalue weighted by Crippen LogP contribution is -2.21. The van der Waals surface area contributed by atoms with Crippen LogP contribution in [0, 0.1) is 12.3 Å². The van der Waals surface area contributed by atoms with E-state index in [1.165, 1.54) is 17.1 Å². The van der Waals surface area contributed by atoms with Crippen LogP contribution in [0.25, 0.3) is 6.08 Å². The summed E-state index contributed by atoms with van der Waals surface area (Å²) in [5.74, 6) is 2.13. The fourth-order valence-electron chi connectivity index (χ4n) is 2.89. The molecule has 1 aliphatic rings. The summed E-state index contributed by atoms with van der Waals surface area (Å²) in [4.78, 5) is 23.9. The van der Waals surface area contributed by atoms with E-state index in [9.17, 15) is 9.59 Å². The highest BCUT2D eigenvalue weighted by Gasteiger charge is 2.28. The van der Waals surface area contributed by atoms with Crippen LogP contribution >= 0.6 is 0 Å². The number of hydrazone groups is 1. The minimum atomic E-state index is -1.03. The first-order valence-corrected chi connectivity index (χ1v) is 9.22. The molecule has 7 nitrogen and oxygen atoms in total. The van der Waals surface area contributed by atoms with E-state index in [4.69, 9.17) is 21.0 Å². The molecule has 1 heterocycles. The van der Waals surface area contributed by atoms with Gasteiger partial charge in [0.15, 0.2) is 11.5 Å². The largest absolute Gasteiger partial charge is 0.490 e. The normalized spacial score (nSPS) is 14.4. The number of hydrogen-bond donors (Lipinski definition) is 1. The zero-order chi connectivity index (χ0) is 21.7. The van der Waals surface area contributed by atoms with Crippen molar-refractivity contribution in [1.29, 1.82) is 0 Å². The Morgan fingerprint density at radius 2 is 1.93 bits per heavy atom. The maximum absolute atomic E-state index is 12.9. The number of carbonyl (C=O) groups is 2. The van der Waals surface area contributed by atoms with Crippen molar-refractivity contribution in [1.82, 2.24) is 0 Å². The third-order valence-electron chi connectivity index (χ3n) is 4.31. The van der Waals surface area contributed by atoms with Gasteiger partial charge in [0, 0.05) is 0 Å². The number of nitrogens with zero attached hydrogens (tertiary/aromatic N) is 2. The van der Waals surface area contributed by atoms with E-state index in [0.29, 0.717) is 35.1 Å². The van der Waals surface area contributed by atoms with Gasteiger partial charge in [0.25, 0.3) is 5.91 Å². The number of amides is 1. The molecule has 1 amide bonds. The van der Waals surface area contributed by atoms with E-state index < -0.39 is 5.97 Å². The molecular weight excluding hydrogens is 384 g/mol. The SMILES string of the molecule is C#CCOc1ccc(C=C2C(=O)N(c3ccc(C(=O)O)cc3)N=C2C)cc1OCC. The lowest BCUT2D eigenvalue weighted by atomic mass is 10.1. The number of benzene rings is 2. The van der Waals surface area contributed by atoms with Gasteiger partial charge in [-0.2, -0.15) is 10.1 Å². The molecule has 0 spiro atoms. The zero-order valence-electron chi connectivity index (χ0n) is 16.6. The molecule has 1 aliphatic heterocycles. The number of hydrogen-bond acceptors (Lipinski definition) is 5. The fourth-order valence-corrected chi connectivity index (χ4v) is 2.89. The van der Waals surface area contributed by atoms with E-state index in [1.807, 2.05) is 6.92 Å². The lowest BCUT2D eigenvalue weighted by molar-refractivity contribution is -0.114. The van der Waals surface area contributed by atoms with Crippen molar-refractivity contribution in [3.05, 3.63) is 59.2 Å². The number of aromatic carboxylic acids is 1. The van der Waals surface area contributed by atoms with E-state index in [2.05, 4.69) is 11.0 Å². The maximum atomic E-state index is 12.9. The number of carboxylic acid groups (broad SMARTS) is 1. The third-order valence-corrected chi connectivity index (χ3v) is 4.31. The van der Waals surface area contributed by atoms with E-state index in [-0.39, 0.29) is 18.1 Å². The van der Waals surface area contributed by atoms with Crippen molar-refractivity contribution in [3.8, 4) is 23.8 Å². The smallest absolute Gasteiger partial charge is 0.335 e. The number of carboxylic acids is 1. The second-order valence-electron chi connectivity index (χ2n) is 6.34. The number of terminal acetylenes is 1. The Kier molecular flexibility index (Phi) is 6.18. The number of ether oxygens (including phenoxy) is 2. The van der Waals surface area contributed by atoms with Crippen molar-refractivity contribution in [2.75, 3.05) is 18.2 Å². The van der Waals surface area contributed by atoms with Crippen LogP contribution < -0.4 is 14.5 Å². The van der Waals surface area contributed by atoms with Crippen LogP contribution in [0.4, 0.5) is 5.69 Å². The van der Waals surface area contributed by atoms with Crippen molar-refractivity contribution in [3.63, 3.8) is 0 Å². The molecule has 0 aromatic heterocycles. The van der Waals surface area contributed by atoms with Gasteiger partial charge in [-0.05, 0) is 61.9 Å². The molecular formula is C23H20N2O5. The molecule has 30 heavy (non-hydrogen) atoms. The quantitative estimate of drug-likeness (QED) is 0.563. The molecule has 3 rings (SSSR count). The monoisotopic (exact) mass is 404 g/mol. The predicted octanol–water partition coefficient (Wildman–Crippen LogP) is 3.60. The van der Waals surface area contributed by atoms with Gasteiger partial charge in [-0.3, -0.25) is 4.79 Å². The Morgan fingerprint density at radius 1 is 1.20 bits per heavy atom. The second kappa shape index (κ2) is 8.97. The highest BCUT2D eigenvalue weighted by Crippen LogP contribution is 2.31. The highest BCUT2D eigenvalue weighted by atomic mass is 16.5. The van der Waals surface area contributed by atoms with Crippen molar-refractivity contribution >= 4 is 29.4 Å². The molecule has 2 aromatic rings. The molecule has 0 fully saturated rings. The zero-order valence-corrected chi connectivity index (χ0v) is 16.6. The Bertz CT molecular complexity index is 1080. The number of rotatable bonds is 7. The van der Waals surface area contributed by atoms with Gasteiger partial charge in [0.2, 0.25) is 0 Å². The van der Waals surface area contributed by atoms with Crippen LogP contribution in [0.5, 0.6) is 11.5 Å². The Labute approximate surface area is 174 Å². The molecule has 0 atom stereocenters. The van der Waals surface area contributed by atoms with Gasteiger partial charge >= 0.3 is 5.97 Å². The summed E-state index contributed by atoms with van der Waals surface area (Å²) in [7, 11) is 0. The van der Waals surface area contributed by atoms with Crippen molar-refractivity contribution < 1.29 is 24.2 Å².